The predicted molar refractivity (Wildman–Crippen MR) is 78.5 cm³/mol. The molecule has 5 nitrogen and oxygen atoms in total. The molecule has 18 heavy (non-hydrogen) atoms. The summed E-state index contributed by atoms with van der Waals surface area (Å²) < 4.78 is 0. The van der Waals surface area contributed by atoms with E-state index in [4.69, 9.17) is 0 Å². The zero-order valence-electron chi connectivity index (χ0n) is 10.9. The minimum Gasteiger partial charge on any atom is -0.370 e. The van der Waals surface area contributed by atoms with E-state index >= 15 is 0 Å². The lowest BCUT2D eigenvalue weighted by atomic mass is 10.4. The molecule has 0 unspecified atom stereocenters. The molecule has 0 aliphatic carbocycles. The number of anilines is 2. The van der Waals surface area contributed by atoms with Crippen LogP contribution in [0.5, 0.6) is 0 Å². The molecule has 1 fully saturated rings. The highest BCUT2D eigenvalue weighted by Gasteiger charge is 2.09. The topological polar surface area (TPSA) is 53.1 Å². The first-order chi connectivity index (χ1) is 8.88. The van der Waals surface area contributed by atoms with Crippen molar-refractivity contribution < 1.29 is 0 Å². The molecule has 0 saturated carbocycles. The van der Waals surface area contributed by atoms with Crippen LogP contribution in [0.2, 0.25) is 0 Å². The zero-order valence-corrected chi connectivity index (χ0v) is 11.7. The quantitative estimate of drug-likeness (QED) is 0.812. The third kappa shape index (κ3) is 4.34. The lowest BCUT2D eigenvalue weighted by Crippen LogP contribution is -2.36. The van der Waals surface area contributed by atoms with Crippen LogP contribution in [0.1, 0.15) is 6.92 Å². The summed E-state index contributed by atoms with van der Waals surface area (Å²) in [6.45, 7) is 7.37. The lowest BCUT2D eigenvalue weighted by Gasteiger charge is -2.26. The Hall–Kier alpha value is -1.01. The van der Waals surface area contributed by atoms with E-state index in [-0.39, 0.29) is 0 Å². The van der Waals surface area contributed by atoms with Gasteiger partial charge in [-0.15, -0.1) is 0 Å². The standard InChI is InChI=1S/C12H21N5S/c1-2-13-11-9-12(16-10-15-11)14-3-4-17-5-7-18-8-6-17/h9-10H,2-8H2,1H3,(H2,13,14,15,16). The number of rotatable bonds is 6. The van der Waals surface area contributed by atoms with Gasteiger partial charge in [0, 0.05) is 50.3 Å². The number of hydrogen-bond acceptors (Lipinski definition) is 6. The zero-order chi connectivity index (χ0) is 12.6. The summed E-state index contributed by atoms with van der Waals surface area (Å²) in [6, 6.07) is 1.95. The summed E-state index contributed by atoms with van der Waals surface area (Å²) in [5, 5.41) is 6.53. The van der Waals surface area contributed by atoms with Crippen LogP contribution in [-0.2, 0) is 0 Å². The summed E-state index contributed by atoms with van der Waals surface area (Å²) in [4.78, 5) is 10.9. The third-order valence-corrected chi connectivity index (χ3v) is 3.81. The van der Waals surface area contributed by atoms with Gasteiger partial charge in [0.1, 0.15) is 18.0 Å². The first-order valence-corrected chi connectivity index (χ1v) is 7.64. The second-order valence-electron chi connectivity index (χ2n) is 4.20. The van der Waals surface area contributed by atoms with Gasteiger partial charge < -0.3 is 10.6 Å². The van der Waals surface area contributed by atoms with Crippen molar-refractivity contribution in [2.75, 3.05) is 54.9 Å². The van der Waals surface area contributed by atoms with Crippen molar-refractivity contribution in [3.8, 4) is 0 Å². The molecular formula is C12H21N5S. The molecule has 0 radical (unpaired) electrons. The van der Waals surface area contributed by atoms with Gasteiger partial charge in [-0.3, -0.25) is 4.90 Å². The van der Waals surface area contributed by atoms with E-state index in [0.29, 0.717) is 0 Å². The average Bonchev–Trinajstić information content (AvgIpc) is 2.41. The number of hydrogen-bond donors (Lipinski definition) is 2. The number of nitrogens with one attached hydrogen (secondary N) is 2. The highest BCUT2D eigenvalue weighted by atomic mass is 32.2. The first-order valence-electron chi connectivity index (χ1n) is 6.48. The van der Waals surface area contributed by atoms with E-state index in [1.807, 2.05) is 17.8 Å². The van der Waals surface area contributed by atoms with E-state index < -0.39 is 0 Å². The Kier molecular flexibility index (Phi) is 5.54. The van der Waals surface area contributed by atoms with Gasteiger partial charge in [0.2, 0.25) is 0 Å². The molecule has 0 amide bonds. The highest BCUT2D eigenvalue weighted by Crippen LogP contribution is 2.10. The van der Waals surface area contributed by atoms with E-state index in [0.717, 1.165) is 31.3 Å². The van der Waals surface area contributed by atoms with Gasteiger partial charge >= 0.3 is 0 Å². The van der Waals surface area contributed by atoms with Crippen molar-refractivity contribution in [3.05, 3.63) is 12.4 Å². The van der Waals surface area contributed by atoms with Crippen LogP contribution in [-0.4, -0.2) is 59.1 Å². The molecule has 0 atom stereocenters. The Balaban J connectivity index is 1.73. The highest BCUT2D eigenvalue weighted by molar-refractivity contribution is 7.99. The van der Waals surface area contributed by atoms with Gasteiger partial charge in [-0.25, -0.2) is 9.97 Å². The summed E-state index contributed by atoms with van der Waals surface area (Å²) >= 11 is 2.04. The second kappa shape index (κ2) is 7.43. The molecule has 1 aromatic rings. The first kappa shape index (κ1) is 13.4. The van der Waals surface area contributed by atoms with E-state index in [1.165, 1.54) is 24.6 Å². The van der Waals surface area contributed by atoms with Crippen molar-refractivity contribution in [1.82, 2.24) is 14.9 Å². The largest absolute Gasteiger partial charge is 0.370 e. The van der Waals surface area contributed by atoms with Crippen LogP contribution >= 0.6 is 11.8 Å². The minimum absolute atomic E-state index is 0.877. The van der Waals surface area contributed by atoms with Gasteiger partial charge in [0.25, 0.3) is 0 Å². The Morgan fingerprint density at radius 3 is 2.67 bits per heavy atom. The molecule has 100 valence electrons. The molecule has 0 spiro atoms. The molecule has 1 aromatic heterocycles. The van der Waals surface area contributed by atoms with E-state index in [2.05, 4.69) is 32.4 Å². The Morgan fingerprint density at radius 1 is 1.22 bits per heavy atom. The summed E-state index contributed by atoms with van der Waals surface area (Å²) in [5.41, 5.74) is 0. The normalized spacial score (nSPS) is 16.5. The van der Waals surface area contributed by atoms with Crippen LogP contribution in [0.4, 0.5) is 11.6 Å². The van der Waals surface area contributed by atoms with Gasteiger partial charge in [-0.1, -0.05) is 0 Å². The van der Waals surface area contributed by atoms with Crippen LogP contribution in [0.3, 0.4) is 0 Å². The van der Waals surface area contributed by atoms with Crippen molar-refractivity contribution in [2.45, 2.75) is 6.92 Å². The van der Waals surface area contributed by atoms with E-state index in [1.54, 1.807) is 6.33 Å². The van der Waals surface area contributed by atoms with Gasteiger partial charge in [0.05, 0.1) is 0 Å². The molecule has 1 aliphatic rings. The fraction of sp³-hybridized carbons (Fsp3) is 0.667. The van der Waals surface area contributed by atoms with Crippen molar-refractivity contribution in [3.63, 3.8) is 0 Å². The second-order valence-corrected chi connectivity index (χ2v) is 5.42. The van der Waals surface area contributed by atoms with Gasteiger partial charge in [-0.2, -0.15) is 11.8 Å². The molecule has 2 N–H and O–H groups in total. The number of thioether (sulfide) groups is 1. The van der Waals surface area contributed by atoms with Crippen LogP contribution in [0.25, 0.3) is 0 Å². The maximum atomic E-state index is 4.22. The molecule has 0 bridgehead atoms. The molecular weight excluding hydrogens is 246 g/mol. The molecule has 2 heterocycles. The van der Waals surface area contributed by atoms with Gasteiger partial charge in [-0.05, 0) is 6.92 Å². The fourth-order valence-corrected chi connectivity index (χ4v) is 2.88. The molecule has 1 aliphatic heterocycles. The lowest BCUT2D eigenvalue weighted by molar-refractivity contribution is 0.314. The van der Waals surface area contributed by atoms with Crippen LogP contribution in [0.15, 0.2) is 12.4 Å². The summed E-state index contributed by atoms with van der Waals surface area (Å²) in [6.07, 6.45) is 1.60. The molecule has 2 rings (SSSR count). The maximum Gasteiger partial charge on any atom is 0.131 e. The Morgan fingerprint density at radius 2 is 1.94 bits per heavy atom. The fourth-order valence-electron chi connectivity index (χ4n) is 1.90. The van der Waals surface area contributed by atoms with Crippen LogP contribution < -0.4 is 10.6 Å². The maximum absolute atomic E-state index is 4.22. The monoisotopic (exact) mass is 267 g/mol. The number of nitrogens with zero attached hydrogens (tertiary/aromatic N) is 3. The van der Waals surface area contributed by atoms with Crippen LogP contribution in [0, 0.1) is 0 Å². The van der Waals surface area contributed by atoms with Gasteiger partial charge in [0.15, 0.2) is 0 Å². The molecule has 6 heteroatoms. The molecule has 1 saturated heterocycles. The van der Waals surface area contributed by atoms with Crippen molar-refractivity contribution in [1.29, 1.82) is 0 Å². The van der Waals surface area contributed by atoms with E-state index in [9.17, 15) is 0 Å². The predicted octanol–water partition coefficient (Wildman–Crippen LogP) is 1.37. The van der Waals surface area contributed by atoms with Crippen molar-refractivity contribution in [2.24, 2.45) is 0 Å². The Bertz CT molecular complexity index is 354. The summed E-state index contributed by atoms with van der Waals surface area (Å²) in [5.74, 6) is 4.30. The van der Waals surface area contributed by atoms with Crippen molar-refractivity contribution >= 4 is 23.4 Å². The molecule has 0 aromatic carbocycles. The SMILES string of the molecule is CCNc1cc(NCCN2CCSCC2)ncn1. The average molecular weight is 267 g/mol. The smallest absolute Gasteiger partial charge is 0.131 e. The minimum atomic E-state index is 0.877. The third-order valence-electron chi connectivity index (χ3n) is 2.86. The Labute approximate surface area is 113 Å². The number of aromatic nitrogens is 2. The summed E-state index contributed by atoms with van der Waals surface area (Å²) in [7, 11) is 0.